The first-order chi connectivity index (χ1) is 13.2. The fraction of sp³-hybridized carbons (Fsp3) is 0.238. The van der Waals surface area contributed by atoms with E-state index in [0.29, 0.717) is 29.3 Å². The molecule has 138 valence electrons. The van der Waals surface area contributed by atoms with Crippen molar-refractivity contribution >= 4 is 28.8 Å². The third-order valence-corrected chi connectivity index (χ3v) is 4.22. The molecule has 6 heteroatoms. The number of aromatic nitrogens is 2. The smallest absolute Gasteiger partial charge is 0.251 e. The number of anilines is 1. The zero-order valence-electron chi connectivity index (χ0n) is 15.3. The molecular weight excluding hydrogens is 338 g/mol. The maximum Gasteiger partial charge on any atom is 0.251 e. The molecule has 3 N–H and O–H groups in total. The molecule has 0 fully saturated rings. The van der Waals surface area contributed by atoms with Gasteiger partial charge in [-0.15, -0.1) is 0 Å². The molecule has 0 aliphatic carbocycles. The van der Waals surface area contributed by atoms with Crippen LogP contribution in [0.4, 0.5) is 5.82 Å². The summed E-state index contributed by atoms with van der Waals surface area (Å²) in [4.78, 5) is 21.2. The SMILES string of the molecule is CCCCNc1nc(C=N)nc2cc(C(=O)NCc3ccccc3)ccc12. The maximum atomic E-state index is 12.5. The summed E-state index contributed by atoms with van der Waals surface area (Å²) in [5.74, 6) is 0.864. The predicted octanol–water partition coefficient (Wildman–Crippen LogP) is 3.77. The molecule has 0 saturated heterocycles. The van der Waals surface area contributed by atoms with Gasteiger partial charge in [0.15, 0.2) is 5.82 Å². The highest BCUT2D eigenvalue weighted by Gasteiger charge is 2.11. The van der Waals surface area contributed by atoms with Crippen LogP contribution >= 0.6 is 0 Å². The van der Waals surface area contributed by atoms with Crippen LogP contribution in [-0.4, -0.2) is 28.6 Å². The lowest BCUT2D eigenvalue weighted by Gasteiger charge is -2.11. The summed E-state index contributed by atoms with van der Waals surface area (Å²) in [6, 6.07) is 15.2. The number of carbonyl (C=O) groups is 1. The van der Waals surface area contributed by atoms with E-state index in [2.05, 4.69) is 27.5 Å². The Balaban J connectivity index is 1.82. The molecule has 0 saturated carbocycles. The molecule has 3 aromatic rings. The zero-order chi connectivity index (χ0) is 19.1. The Morgan fingerprint density at radius 3 is 2.70 bits per heavy atom. The van der Waals surface area contributed by atoms with Crippen LogP contribution in [0.2, 0.25) is 0 Å². The average Bonchev–Trinajstić information content (AvgIpc) is 2.72. The molecule has 6 nitrogen and oxygen atoms in total. The van der Waals surface area contributed by atoms with Crippen molar-refractivity contribution in [2.24, 2.45) is 0 Å². The van der Waals surface area contributed by atoms with Gasteiger partial charge in [-0.05, 0) is 30.2 Å². The van der Waals surface area contributed by atoms with Gasteiger partial charge in [0.2, 0.25) is 0 Å². The standard InChI is InChI=1S/C21H23N5O/c1-2-3-11-23-20-17-10-9-16(12-18(17)25-19(13-22)26-20)21(27)24-14-15-7-5-4-6-8-15/h4-10,12-13,22H,2-3,11,14H2,1H3,(H,24,27)(H,23,25,26). The zero-order valence-corrected chi connectivity index (χ0v) is 15.3. The number of nitrogens with zero attached hydrogens (tertiary/aromatic N) is 2. The maximum absolute atomic E-state index is 12.5. The van der Waals surface area contributed by atoms with Crippen LogP contribution in [-0.2, 0) is 6.54 Å². The number of benzene rings is 2. The van der Waals surface area contributed by atoms with Crippen molar-refractivity contribution in [3.05, 3.63) is 65.5 Å². The number of fused-ring (bicyclic) bond motifs is 1. The number of amides is 1. The molecular formula is C21H23N5O. The van der Waals surface area contributed by atoms with E-state index >= 15 is 0 Å². The van der Waals surface area contributed by atoms with Crippen molar-refractivity contribution in [1.82, 2.24) is 15.3 Å². The molecule has 3 rings (SSSR count). The third kappa shape index (κ3) is 4.67. The highest BCUT2D eigenvalue weighted by Crippen LogP contribution is 2.21. The van der Waals surface area contributed by atoms with E-state index in [1.54, 1.807) is 12.1 Å². The van der Waals surface area contributed by atoms with Crippen LogP contribution < -0.4 is 10.6 Å². The van der Waals surface area contributed by atoms with Crippen LogP contribution in [0.1, 0.15) is 41.5 Å². The number of hydrogen-bond donors (Lipinski definition) is 3. The molecule has 1 amide bonds. The van der Waals surface area contributed by atoms with E-state index in [1.807, 2.05) is 36.4 Å². The number of rotatable bonds is 8. The van der Waals surface area contributed by atoms with Crippen LogP contribution in [0.3, 0.4) is 0 Å². The van der Waals surface area contributed by atoms with Gasteiger partial charge < -0.3 is 16.0 Å². The van der Waals surface area contributed by atoms with Gasteiger partial charge in [0.25, 0.3) is 5.91 Å². The molecule has 0 aliphatic heterocycles. The lowest BCUT2D eigenvalue weighted by atomic mass is 10.1. The summed E-state index contributed by atoms with van der Waals surface area (Å²) in [7, 11) is 0. The molecule has 0 unspecified atom stereocenters. The molecule has 1 aromatic heterocycles. The van der Waals surface area contributed by atoms with Gasteiger partial charge in [-0.3, -0.25) is 4.79 Å². The minimum Gasteiger partial charge on any atom is -0.369 e. The van der Waals surface area contributed by atoms with Crippen molar-refractivity contribution in [3.8, 4) is 0 Å². The quantitative estimate of drug-likeness (QED) is 0.421. The predicted molar refractivity (Wildman–Crippen MR) is 108 cm³/mol. The molecule has 0 spiro atoms. The first kappa shape index (κ1) is 18.5. The van der Waals surface area contributed by atoms with Gasteiger partial charge in [0, 0.05) is 24.0 Å². The van der Waals surface area contributed by atoms with E-state index < -0.39 is 0 Å². The number of carbonyl (C=O) groups excluding carboxylic acids is 1. The first-order valence-electron chi connectivity index (χ1n) is 9.09. The van der Waals surface area contributed by atoms with Crippen LogP contribution in [0.25, 0.3) is 10.9 Å². The lowest BCUT2D eigenvalue weighted by Crippen LogP contribution is -2.22. The minimum atomic E-state index is -0.156. The van der Waals surface area contributed by atoms with Crippen molar-refractivity contribution < 1.29 is 4.79 Å². The third-order valence-electron chi connectivity index (χ3n) is 4.22. The second-order valence-corrected chi connectivity index (χ2v) is 6.26. The lowest BCUT2D eigenvalue weighted by molar-refractivity contribution is 0.0951. The van der Waals surface area contributed by atoms with E-state index in [0.717, 1.165) is 36.6 Å². The van der Waals surface area contributed by atoms with Gasteiger partial charge in [-0.25, -0.2) is 9.97 Å². The molecule has 27 heavy (non-hydrogen) atoms. The van der Waals surface area contributed by atoms with Gasteiger partial charge in [0.1, 0.15) is 5.82 Å². The van der Waals surface area contributed by atoms with E-state index in [9.17, 15) is 4.79 Å². The summed E-state index contributed by atoms with van der Waals surface area (Å²) in [5, 5.41) is 14.5. The number of nitrogens with one attached hydrogen (secondary N) is 3. The van der Waals surface area contributed by atoms with Gasteiger partial charge >= 0.3 is 0 Å². The molecule has 2 aromatic carbocycles. The Bertz CT molecular complexity index is 940. The Kier molecular flexibility index (Phi) is 6.10. The Morgan fingerprint density at radius 2 is 1.96 bits per heavy atom. The van der Waals surface area contributed by atoms with Crippen molar-refractivity contribution in [3.63, 3.8) is 0 Å². The molecule has 0 radical (unpaired) electrons. The van der Waals surface area contributed by atoms with Crippen molar-refractivity contribution in [1.29, 1.82) is 5.41 Å². The second kappa shape index (κ2) is 8.89. The molecule has 0 bridgehead atoms. The van der Waals surface area contributed by atoms with E-state index in [4.69, 9.17) is 5.41 Å². The molecule has 0 aliphatic rings. The second-order valence-electron chi connectivity index (χ2n) is 6.26. The van der Waals surface area contributed by atoms with Crippen molar-refractivity contribution in [2.75, 3.05) is 11.9 Å². The Labute approximate surface area is 158 Å². The molecule has 0 atom stereocenters. The highest BCUT2D eigenvalue weighted by molar-refractivity contribution is 6.00. The fourth-order valence-electron chi connectivity index (χ4n) is 2.75. The fourth-order valence-corrected chi connectivity index (χ4v) is 2.75. The number of hydrogen-bond acceptors (Lipinski definition) is 5. The average molecular weight is 361 g/mol. The van der Waals surface area contributed by atoms with Gasteiger partial charge in [-0.1, -0.05) is 43.7 Å². The van der Waals surface area contributed by atoms with Gasteiger partial charge in [0.05, 0.1) is 11.7 Å². The van der Waals surface area contributed by atoms with Gasteiger partial charge in [-0.2, -0.15) is 0 Å². The van der Waals surface area contributed by atoms with E-state index in [1.165, 1.54) is 0 Å². The van der Waals surface area contributed by atoms with Crippen LogP contribution in [0.15, 0.2) is 48.5 Å². The van der Waals surface area contributed by atoms with E-state index in [-0.39, 0.29) is 5.91 Å². The Morgan fingerprint density at radius 1 is 1.15 bits per heavy atom. The summed E-state index contributed by atoms with van der Waals surface area (Å²) in [6.45, 7) is 3.40. The minimum absolute atomic E-state index is 0.156. The first-order valence-corrected chi connectivity index (χ1v) is 9.09. The van der Waals surface area contributed by atoms with Crippen LogP contribution in [0.5, 0.6) is 0 Å². The molecule has 1 heterocycles. The summed E-state index contributed by atoms with van der Waals surface area (Å²) < 4.78 is 0. The Hall–Kier alpha value is -3.28. The summed E-state index contributed by atoms with van der Waals surface area (Å²) in [6.07, 6.45) is 3.23. The largest absolute Gasteiger partial charge is 0.369 e. The summed E-state index contributed by atoms with van der Waals surface area (Å²) in [5.41, 5.74) is 2.23. The number of unbranched alkanes of at least 4 members (excludes halogenated alkanes) is 1. The summed E-state index contributed by atoms with van der Waals surface area (Å²) >= 11 is 0. The normalized spacial score (nSPS) is 10.6. The topological polar surface area (TPSA) is 90.8 Å². The van der Waals surface area contributed by atoms with Crippen LogP contribution in [0, 0.1) is 5.41 Å². The van der Waals surface area contributed by atoms with Crippen molar-refractivity contribution in [2.45, 2.75) is 26.3 Å². The monoisotopic (exact) mass is 361 g/mol. The highest BCUT2D eigenvalue weighted by atomic mass is 16.1.